The zero-order valence-corrected chi connectivity index (χ0v) is 19.5. The fraction of sp³-hybridized carbons (Fsp3) is 0.346. The van der Waals surface area contributed by atoms with Crippen LogP contribution in [0.3, 0.4) is 0 Å². The van der Waals surface area contributed by atoms with Crippen molar-refractivity contribution in [1.29, 1.82) is 0 Å². The van der Waals surface area contributed by atoms with Crippen LogP contribution < -0.4 is 28.4 Å². The topological polar surface area (TPSA) is 75.7 Å². The summed E-state index contributed by atoms with van der Waals surface area (Å²) in [5, 5.41) is 0. The first-order valence-corrected chi connectivity index (χ1v) is 11.2. The summed E-state index contributed by atoms with van der Waals surface area (Å²) in [5.41, 5.74) is 3.01. The first-order valence-electron chi connectivity index (χ1n) is 11.2. The zero-order chi connectivity index (χ0) is 23.7. The van der Waals surface area contributed by atoms with Gasteiger partial charge in [0.05, 0.1) is 14.2 Å². The molecule has 5 rings (SSSR count). The molecule has 0 saturated carbocycles. The summed E-state index contributed by atoms with van der Waals surface area (Å²) in [7, 11) is 5.17. The number of rotatable bonds is 4. The molecule has 0 unspecified atom stereocenters. The van der Waals surface area contributed by atoms with E-state index >= 15 is 0 Å². The number of fused-ring (bicyclic) bond motifs is 2. The van der Waals surface area contributed by atoms with E-state index in [4.69, 9.17) is 28.4 Å². The van der Waals surface area contributed by atoms with Crippen molar-refractivity contribution in [2.24, 2.45) is 0 Å². The van der Waals surface area contributed by atoms with Crippen LogP contribution in [-0.4, -0.2) is 71.5 Å². The third kappa shape index (κ3) is 4.28. The van der Waals surface area contributed by atoms with Gasteiger partial charge in [-0.1, -0.05) is 0 Å². The van der Waals surface area contributed by atoms with Gasteiger partial charge in [0.2, 0.25) is 11.5 Å². The molecule has 0 atom stereocenters. The van der Waals surface area contributed by atoms with Crippen LogP contribution in [0.4, 0.5) is 0 Å². The van der Waals surface area contributed by atoms with E-state index in [1.54, 1.807) is 14.2 Å². The predicted octanol–water partition coefficient (Wildman–Crippen LogP) is 3.23. The smallest absolute Gasteiger partial charge is 0.203 e. The lowest BCUT2D eigenvalue weighted by molar-refractivity contribution is -0.113. The Kier molecular flexibility index (Phi) is 6.06. The van der Waals surface area contributed by atoms with Crippen LogP contribution in [0.1, 0.15) is 11.1 Å². The highest BCUT2D eigenvalue weighted by Crippen LogP contribution is 2.42. The van der Waals surface area contributed by atoms with Crippen molar-refractivity contribution in [3.05, 3.63) is 46.5 Å². The van der Waals surface area contributed by atoms with Crippen molar-refractivity contribution in [3.63, 3.8) is 0 Å². The number of carbonyl (C=O) groups is 1. The number of hydrogen-bond donors (Lipinski definition) is 0. The summed E-state index contributed by atoms with van der Waals surface area (Å²) in [5.74, 6) is 3.59. The van der Waals surface area contributed by atoms with Gasteiger partial charge in [-0.2, -0.15) is 0 Å². The minimum atomic E-state index is 0.000752. The number of nitrogens with zero attached hydrogens (tertiary/aromatic N) is 1. The van der Waals surface area contributed by atoms with Crippen molar-refractivity contribution < 1.29 is 33.2 Å². The highest BCUT2D eigenvalue weighted by Gasteiger charge is 2.26. The average Bonchev–Trinajstić information content (AvgIpc) is 2.85. The highest BCUT2D eigenvalue weighted by atomic mass is 16.6. The van der Waals surface area contributed by atoms with Crippen molar-refractivity contribution >= 4 is 17.9 Å². The Morgan fingerprint density at radius 1 is 0.735 bits per heavy atom. The molecule has 178 valence electrons. The van der Waals surface area contributed by atoms with Crippen molar-refractivity contribution in [1.82, 2.24) is 4.90 Å². The van der Waals surface area contributed by atoms with Gasteiger partial charge in [0, 0.05) is 24.2 Å². The summed E-state index contributed by atoms with van der Waals surface area (Å²) >= 11 is 0. The second-order valence-electron chi connectivity index (χ2n) is 8.34. The Labute approximate surface area is 198 Å². The lowest BCUT2D eigenvalue weighted by Crippen LogP contribution is -2.34. The Balaban J connectivity index is 1.49. The third-order valence-corrected chi connectivity index (χ3v) is 5.85. The Morgan fingerprint density at radius 2 is 1.18 bits per heavy atom. The van der Waals surface area contributed by atoms with E-state index in [0.717, 1.165) is 11.1 Å². The molecule has 8 heteroatoms. The van der Waals surface area contributed by atoms with Gasteiger partial charge in [0.25, 0.3) is 0 Å². The van der Waals surface area contributed by atoms with Crippen LogP contribution in [0.15, 0.2) is 35.4 Å². The van der Waals surface area contributed by atoms with Crippen molar-refractivity contribution in [2.75, 3.05) is 60.8 Å². The molecule has 0 bridgehead atoms. The minimum Gasteiger partial charge on any atom is -0.493 e. The van der Waals surface area contributed by atoms with Gasteiger partial charge in [-0.05, 0) is 54.6 Å². The van der Waals surface area contributed by atoms with E-state index in [1.165, 1.54) is 0 Å². The average molecular weight is 466 g/mol. The summed E-state index contributed by atoms with van der Waals surface area (Å²) in [6, 6.07) is 7.47. The lowest BCUT2D eigenvalue weighted by atomic mass is 9.94. The molecule has 1 fully saturated rings. The van der Waals surface area contributed by atoms with E-state index in [2.05, 4.69) is 4.90 Å². The number of carbonyl (C=O) groups excluding carboxylic acids is 1. The Bertz CT molecular complexity index is 1060. The third-order valence-electron chi connectivity index (χ3n) is 5.85. The quantitative estimate of drug-likeness (QED) is 0.638. The number of piperidine rings is 1. The molecule has 0 N–H and O–H groups in total. The minimum absolute atomic E-state index is 0.000752. The summed E-state index contributed by atoms with van der Waals surface area (Å²) in [6.07, 6.45) is 3.77. The number of hydrogen-bond acceptors (Lipinski definition) is 8. The van der Waals surface area contributed by atoms with Gasteiger partial charge >= 0.3 is 0 Å². The molecule has 0 spiro atoms. The molecule has 0 aromatic heterocycles. The number of likely N-dealkylation sites (tertiary alicyclic amines) is 1. The molecule has 2 aromatic rings. The first-order chi connectivity index (χ1) is 16.6. The fourth-order valence-corrected chi connectivity index (χ4v) is 4.37. The molecule has 0 radical (unpaired) electrons. The van der Waals surface area contributed by atoms with Gasteiger partial charge in [-0.3, -0.25) is 9.69 Å². The van der Waals surface area contributed by atoms with E-state index in [1.807, 2.05) is 43.5 Å². The summed E-state index contributed by atoms with van der Waals surface area (Å²) in [4.78, 5) is 15.5. The van der Waals surface area contributed by atoms with E-state index in [0.29, 0.717) is 85.2 Å². The normalized spacial score (nSPS) is 19.9. The maximum Gasteiger partial charge on any atom is 0.203 e. The van der Waals surface area contributed by atoms with Crippen molar-refractivity contribution in [3.8, 4) is 34.5 Å². The van der Waals surface area contributed by atoms with Crippen LogP contribution in [0.5, 0.6) is 34.5 Å². The maximum absolute atomic E-state index is 13.4. The number of methoxy groups -OCH3 is 2. The van der Waals surface area contributed by atoms with Gasteiger partial charge in [0.1, 0.15) is 26.4 Å². The van der Waals surface area contributed by atoms with Crippen LogP contribution in [0.25, 0.3) is 12.2 Å². The second kappa shape index (κ2) is 9.30. The SMILES string of the molecule is COc1cc(/C=C2\CN(C)C/C(=C\c3cc(OC)c4c(c3)OCCO4)C2=O)cc2c1OCCO2. The molecule has 1 saturated heterocycles. The van der Waals surface area contributed by atoms with Crippen molar-refractivity contribution in [2.45, 2.75) is 0 Å². The van der Waals surface area contributed by atoms with Gasteiger partial charge in [-0.25, -0.2) is 0 Å². The zero-order valence-electron chi connectivity index (χ0n) is 19.5. The lowest BCUT2D eigenvalue weighted by Gasteiger charge is -2.27. The number of ketones is 1. The molecule has 34 heavy (non-hydrogen) atoms. The van der Waals surface area contributed by atoms with Crippen LogP contribution in [0, 0.1) is 0 Å². The molecular formula is C26H27NO7. The Morgan fingerprint density at radius 3 is 1.62 bits per heavy atom. The van der Waals surface area contributed by atoms with Gasteiger partial charge in [-0.15, -0.1) is 0 Å². The molecule has 2 aromatic carbocycles. The predicted molar refractivity (Wildman–Crippen MR) is 126 cm³/mol. The van der Waals surface area contributed by atoms with Crippen LogP contribution >= 0.6 is 0 Å². The number of likely N-dealkylation sites (N-methyl/N-ethyl adjacent to an activating group) is 1. The second-order valence-corrected chi connectivity index (χ2v) is 8.34. The molecule has 3 aliphatic rings. The summed E-state index contributed by atoms with van der Waals surface area (Å²) < 4.78 is 33.8. The molecule has 0 amide bonds. The molecule has 3 heterocycles. The van der Waals surface area contributed by atoms with Gasteiger partial charge in [0.15, 0.2) is 28.8 Å². The first kappa shape index (κ1) is 22.2. The largest absolute Gasteiger partial charge is 0.493 e. The molecule has 3 aliphatic heterocycles. The van der Waals surface area contributed by atoms with E-state index < -0.39 is 0 Å². The number of benzene rings is 2. The highest BCUT2D eigenvalue weighted by molar-refractivity contribution is 6.14. The fourth-order valence-electron chi connectivity index (χ4n) is 4.37. The standard InChI is InChI=1S/C26H27NO7/c1-27-14-18(8-16-10-20(29-2)25-22(12-16)31-4-6-33-25)24(28)19(15-27)9-17-11-21(30-3)26-23(13-17)32-5-7-34-26/h8-13H,4-7,14-15H2,1-3H3/b18-8+,19-9+. The van der Waals surface area contributed by atoms with E-state index in [9.17, 15) is 4.79 Å². The molecular weight excluding hydrogens is 438 g/mol. The van der Waals surface area contributed by atoms with Gasteiger partial charge < -0.3 is 28.4 Å². The number of Topliss-reactive ketones (excluding diaryl/α,β-unsaturated/α-hetero) is 1. The monoisotopic (exact) mass is 465 g/mol. The van der Waals surface area contributed by atoms with Crippen LogP contribution in [0.2, 0.25) is 0 Å². The summed E-state index contributed by atoms with van der Waals surface area (Å²) in [6.45, 7) is 2.99. The van der Waals surface area contributed by atoms with E-state index in [-0.39, 0.29) is 5.78 Å². The molecule has 8 nitrogen and oxygen atoms in total. The van der Waals surface area contributed by atoms with Crippen LogP contribution in [-0.2, 0) is 4.79 Å². The maximum atomic E-state index is 13.4. The number of ether oxygens (including phenoxy) is 6. The molecule has 0 aliphatic carbocycles. The Hall–Kier alpha value is -3.65.